The standard InChI is InChI=1S/C18H15F2N3O4S/c1-9(24)6-15-21-18(28-23-15)22-16(25)13-8-14(26-10(13)2)11-4-3-5-12(7-11)27-17(19)20/h3-5,7-8,17H,6H2,1-2H3,(H,21,22,23,25). The average molecular weight is 407 g/mol. The number of rotatable bonds is 7. The van der Waals surface area contributed by atoms with Crippen LogP contribution in [0.15, 0.2) is 34.7 Å². The average Bonchev–Trinajstić information content (AvgIpc) is 3.20. The summed E-state index contributed by atoms with van der Waals surface area (Å²) in [7, 11) is 0. The number of anilines is 1. The topological polar surface area (TPSA) is 94.3 Å². The Morgan fingerprint density at radius 2 is 2.11 bits per heavy atom. The minimum atomic E-state index is -2.94. The number of nitrogens with one attached hydrogen (secondary N) is 1. The molecule has 0 spiro atoms. The molecule has 3 aromatic rings. The molecule has 0 bridgehead atoms. The van der Waals surface area contributed by atoms with Crippen LogP contribution in [-0.2, 0) is 11.2 Å². The van der Waals surface area contributed by atoms with Gasteiger partial charge in [0.05, 0.1) is 12.0 Å². The Hall–Kier alpha value is -3.14. The number of carbonyl (C=O) groups is 2. The molecule has 1 N–H and O–H groups in total. The molecule has 0 radical (unpaired) electrons. The van der Waals surface area contributed by atoms with Crippen molar-refractivity contribution < 1.29 is 27.5 Å². The maximum absolute atomic E-state index is 12.5. The van der Waals surface area contributed by atoms with Gasteiger partial charge in [0.1, 0.15) is 23.1 Å². The third-order valence-corrected chi connectivity index (χ3v) is 4.27. The van der Waals surface area contributed by atoms with Gasteiger partial charge in [-0.1, -0.05) is 12.1 Å². The second-order valence-electron chi connectivity index (χ2n) is 5.84. The lowest BCUT2D eigenvalue weighted by atomic mass is 10.1. The highest BCUT2D eigenvalue weighted by Gasteiger charge is 2.18. The summed E-state index contributed by atoms with van der Waals surface area (Å²) in [6, 6.07) is 7.49. The molecular weight excluding hydrogens is 392 g/mol. The fourth-order valence-electron chi connectivity index (χ4n) is 2.44. The molecule has 0 saturated heterocycles. The number of furan rings is 1. The molecule has 0 aliphatic carbocycles. The van der Waals surface area contributed by atoms with Crippen molar-refractivity contribution in [3.63, 3.8) is 0 Å². The summed E-state index contributed by atoms with van der Waals surface area (Å²) in [5.74, 6) is 0.466. The molecule has 0 aliphatic rings. The van der Waals surface area contributed by atoms with E-state index in [0.29, 0.717) is 22.9 Å². The lowest BCUT2D eigenvalue weighted by molar-refractivity contribution is -0.116. The first-order chi connectivity index (χ1) is 13.3. The summed E-state index contributed by atoms with van der Waals surface area (Å²) in [5, 5.41) is 2.87. The van der Waals surface area contributed by atoms with Gasteiger partial charge in [0, 0.05) is 17.1 Å². The van der Waals surface area contributed by atoms with Crippen molar-refractivity contribution in [3.8, 4) is 17.1 Å². The zero-order valence-corrected chi connectivity index (χ0v) is 15.7. The summed E-state index contributed by atoms with van der Waals surface area (Å²) >= 11 is 0.968. The van der Waals surface area contributed by atoms with E-state index < -0.39 is 12.5 Å². The van der Waals surface area contributed by atoms with Gasteiger partial charge in [-0.2, -0.15) is 13.2 Å². The normalized spacial score (nSPS) is 10.9. The summed E-state index contributed by atoms with van der Waals surface area (Å²) in [6.07, 6.45) is 0.0955. The Bertz CT molecular complexity index is 1020. The van der Waals surface area contributed by atoms with Crippen LogP contribution in [0.5, 0.6) is 5.75 Å². The summed E-state index contributed by atoms with van der Waals surface area (Å²) in [5.41, 5.74) is 0.749. The van der Waals surface area contributed by atoms with Crippen LogP contribution in [0.1, 0.15) is 28.9 Å². The number of carbonyl (C=O) groups excluding carboxylic acids is 2. The Balaban J connectivity index is 1.77. The van der Waals surface area contributed by atoms with E-state index in [9.17, 15) is 18.4 Å². The van der Waals surface area contributed by atoms with Gasteiger partial charge in [0.15, 0.2) is 5.82 Å². The number of ether oxygens (including phenoxy) is 1. The monoisotopic (exact) mass is 407 g/mol. The Morgan fingerprint density at radius 1 is 1.32 bits per heavy atom. The molecule has 10 heteroatoms. The maximum atomic E-state index is 12.5. The van der Waals surface area contributed by atoms with Gasteiger partial charge in [-0.3, -0.25) is 14.9 Å². The molecule has 1 aromatic carbocycles. The number of nitrogens with zero attached hydrogens (tertiary/aromatic N) is 2. The van der Waals surface area contributed by atoms with Crippen LogP contribution in [0.3, 0.4) is 0 Å². The van der Waals surface area contributed by atoms with Crippen molar-refractivity contribution in [2.24, 2.45) is 0 Å². The van der Waals surface area contributed by atoms with Crippen LogP contribution in [0, 0.1) is 6.92 Å². The molecule has 0 fully saturated rings. The van der Waals surface area contributed by atoms with E-state index in [2.05, 4.69) is 19.4 Å². The first kappa shape index (κ1) is 19.6. The minimum absolute atomic E-state index is 0.0144. The summed E-state index contributed by atoms with van der Waals surface area (Å²) in [6.45, 7) is 0.102. The largest absolute Gasteiger partial charge is 0.461 e. The lowest BCUT2D eigenvalue weighted by Crippen LogP contribution is -2.12. The van der Waals surface area contributed by atoms with Crippen molar-refractivity contribution in [1.29, 1.82) is 0 Å². The summed E-state index contributed by atoms with van der Waals surface area (Å²) < 4.78 is 38.7. The highest BCUT2D eigenvalue weighted by Crippen LogP contribution is 2.29. The third-order valence-electron chi connectivity index (χ3n) is 3.60. The van der Waals surface area contributed by atoms with Crippen LogP contribution < -0.4 is 10.1 Å². The van der Waals surface area contributed by atoms with E-state index in [0.717, 1.165) is 11.5 Å². The second-order valence-corrected chi connectivity index (χ2v) is 6.59. The van der Waals surface area contributed by atoms with Crippen LogP contribution in [0.4, 0.5) is 13.9 Å². The molecule has 0 saturated carbocycles. The molecule has 28 heavy (non-hydrogen) atoms. The number of amides is 1. The van der Waals surface area contributed by atoms with Gasteiger partial charge in [0.2, 0.25) is 5.13 Å². The van der Waals surface area contributed by atoms with Crippen molar-refractivity contribution >= 4 is 28.4 Å². The van der Waals surface area contributed by atoms with Gasteiger partial charge < -0.3 is 9.15 Å². The van der Waals surface area contributed by atoms with Crippen LogP contribution in [0.25, 0.3) is 11.3 Å². The number of ketones is 1. The highest BCUT2D eigenvalue weighted by molar-refractivity contribution is 7.09. The minimum Gasteiger partial charge on any atom is -0.461 e. The number of halogens is 2. The predicted molar refractivity (Wildman–Crippen MR) is 97.8 cm³/mol. The van der Waals surface area contributed by atoms with Crippen LogP contribution in [0.2, 0.25) is 0 Å². The first-order valence-corrected chi connectivity index (χ1v) is 8.88. The molecule has 0 aliphatic heterocycles. The fourth-order valence-corrected chi connectivity index (χ4v) is 3.02. The number of aromatic nitrogens is 2. The fraction of sp³-hybridized carbons (Fsp3) is 0.222. The number of hydrogen-bond acceptors (Lipinski definition) is 7. The van der Waals surface area contributed by atoms with E-state index in [-0.39, 0.29) is 28.6 Å². The molecule has 3 rings (SSSR count). The SMILES string of the molecule is CC(=O)Cc1nsc(NC(=O)c2cc(-c3cccc(OC(F)F)c3)oc2C)n1. The zero-order chi connectivity index (χ0) is 20.3. The molecule has 2 aromatic heterocycles. The van der Waals surface area contributed by atoms with E-state index in [1.165, 1.54) is 25.1 Å². The van der Waals surface area contributed by atoms with Gasteiger partial charge >= 0.3 is 6.61 Å². The Labute approximate surface area is 162 Å². The molecule has 0 unspecified atom stereocenters. The predicted octanol–water partition coefficient (Wildman–Crippen LogP) is 4.09. The smallest absolute Gasteiger partial charge is 0.387 e. The number of Topliss-reactive ketones (excluding diaryl/α,β-unsaturated/α-hetero) is 1. The number of alkyl halides is 2. The number of benzene rings is 1. The lowest BCUT2D eigenvalue weighted by Gasteiger charge is -2.05. The van der Waals surface area contributed by atoms with Gasteiger partial charge in [0.25, 0.3) is 5.91 Å². The van der Waals surface area contributed by atoms with Gasteiger partial charge in [-0.25, -0.2) is 4.98 Å². The van der Waals surface area contributed by atoms with E-state index in [4.69, 9.17) is 4.42 Å². The van der Waals surface area contributed by atoms with E-state index >= 15 is 0 Å². The molecule has 7 nitrogen and oxygen atoms in total. The van der Waals surface area contributed by atoms with Crippen molar-refractivity contribution in [1.82, 2.24) is 9.36 Å². The Kier molecular flexibility index (Phi) is 5.78. The van der Waals surface area contributed by atoms with Crippen molar-refractivity contribution in [3.05, 3.63) is 47.5 Å². The van der Waals surface area contributed by atoms with Gasteiger partial charge in [-0.15, -0.1) is 0 Å². The molecule has 2 heterocycles. The number of hydrogen-bond donors (Lipinski definition) is 1. The molecular formula is C18H15F2N3O4S. The molecule has 1 amide bonds. The van der Waals surface area contributed by atoms with Crippen molar-refractivity contribution in [2.75, 3.05) is 5.32 Å². The summed E-state index contributed by atoms with van der Waals surface area (Å²) in [4.78, 5) is 27.7. The highest BCUT2D eigenvalue weighted by atomic mass is 32.1. The van der Waals surface area contributed by atoms with Crippen LogP contribution >= 0.6 is 11.5 Å². The van der Waals surface area contributed by atoms with E-state index in [1.807, 2.05) is 0 Å². The quantitative estimate of drug-likeness (QED) is 0.634. The zero-order valence-electron chi connectivity index (χ0n) is 14.9. The molecule has 146 valence electrons. The van der Waals surface area contributed by atoms with Crippen molar-refractivity contribution in [2.45, 2.75) is 26.9 Å². The van der Waals surface area contributed by atoms with E-state index in [1.54, 1.807) is 19.1 Å². The third kappa shape index (κ3) is 4.77. The second kappa shape index (κ2) is 8.26. The Morgan fingerprint density at radius 3 is 2.82 bits per heavy atom. The first-order valence-electron chi connectivity index (χ1n) is 8.11. The maximum Gasteiger partial charge on any atom is 0.387 e. The van der Waals surface area contributed by atoms with Gasteiger partial charge in [-0.05, 0) is 32.0 Å². The van der Waals surface area contributed by atoms with Crippen LogP contribution in [-0.4, -0.2) is 27.7 Å². The molecule has 0 atom stereocenters. The number of aryl methyl sites for hydroxylation is 1.